The number of rotatable bonds is 8. The van der Waals surface area contributed by atoms with Gasteiger partial charge in [0.1, 0.15) is 11.6 Å². The molecule has 0 unspecified atom stereocenters. The zero-order valence-electron chi connectivity index (χ0n) is 15.3. The van der Waals surface area contributed by atoms with Crippen LogP contribution in [0.15, 0.2) is 73.1 Å². The van der Waals surface area contributed by atoms with Gasteiger partial charge in [-0.25, -0.2) is 4.39 Å². The SMILES string of the molecule is CCOc1ccc(CNC(=O)C[C@H](c2ccc(F)cc2)n2cccc2)cc1. The number of halogens is 1. The Kier molecular flexibility index (Phi) is 6.26. The molecule has 1 amide bonds. The number of aromatic nitrogens is 1. The van der Waals surface area contributed by atoms with Crippen LogP contribution in [-0.2, 0) is 11.3 Å². The Morgan fingerprint density at radius 1 is 1.07 bits per heavy atom. The van der Waals surface area contributed by atoms with Gasteiger partial charge in [-0.2, -0.15) is 0 Å². The fraction of sp³-hybridized carbons (Fsp3) is 0.227. The largest absolute Gasteiger partial charge is 0.494 e. The molecule has 0 saturated heterocycles. The van der Waals surface area contributed by atoms with Crippen LogP contribution in [-0.4, -0.2) is 17.1 Å². The van der Waals surface area contributed by atoms with Gasteiger partial charge in [-0.1, -0.05) is 24.3 Å². The predicted molar refractivity (Wildman–Crippen MR) is 103 cm³/mol. The molecule has 0 aliphatic heterocycles. The molecular formula is C22H23FN2O2. The third kappa shape index (κ3) is 5.20. The molecule has 2 aromatic carbocycles. The molecule has 0 radical (unpaired) electrons. The van der Waals surface area contributed by atoms with E-state index in [0.29, 0.717) is 13.2 Å². The standard InChI is InChI=1S/C22H23FN2O2/c1-2-27-20-11-5-17(6-12-20)16-24-22(26)15-21(25-13-3-4-14-25)18-7-9-19(23)10-8-18/h3-14,21H,2,15-16H2,1H3,(H,24,26)/t21-/m1/s1. The van der Waals surface area contributed by atoms with Gasteiger partial charge in [-0.05, 0) is 54.4 Å². The number of ether oxygens (including phenoxy) is 1. The first kappa shape index (κ1) is 18.7. The first-order chi connectivity index (χ1) is 13.2. The van der Waals surface area contributed by atoms with E-state index in [1.807, 2.05) is 60.3 Å². The fourth-order valence-corrected chi connectivity index (χ4v) is 2.95. The lowest BCUT2D eigenvalue weighted by Crippen LogP contribution is -2.26. The molecule has 3 aromatic rings. The molecule has 0 aliphatic rings. The van der Waals surface area contributed by atoms with Gasteiger partial charge in [0.05, 0.1) is 19.1 Å². The van der Waals surface area contributed by atoms with Crippen LogP contribution in [0.4, 0.5) is 4.39 Å². The minimum absolute atomic E-state index is 0.0630. The first-order valence-corrected chi connectivity index (χ1v) is 9.02. The minimum Gasteiger partial charge on any atom is -0.494 e. The third-order valence-corrected chi connectivity index (χ3v) is 4.34. The summed E-state index contributed by atoms with van der Waals surface area (Å²) in [5.74, 6) is 0.466. The van der Waals surface area contributed by atoms with Crippen molar-refractivity contribution in [2.45, 2.75) is 25.9 Å². The molecular weight excluding hydrogens is 343 g/mol. The van der Waals surface area contributed by atoms with Gasteiger partial charge in [0, 0.05) is 18.9 Å². The van der Waals surface area contributed by atoms with Gasteiger partial charge in [-0.3, -0.25) is 4.79 Å². The summed E-state index contributed by atoms with van der Waals surface area (Å²) in [6.45, 7) is 3.02. The Labute approximate surface area is 158 Å². The maximum atomic E-state index is 13.2. The second-order valence-corrected chi connectivity index (χ2v) is 6.26. The number of nitrogens with one attached hydrogen (secondary N) is 1. The van der Waals surface area contributed by atoms with E-state index in [4.69, 9.17) is 4.74 Å². The summed E-state index contributed by atoms with van der Waals surface area (Å²) in [5.41, 5.74) is 1.90. The van der Waals surface area contributed by atoms with E-state index in [1.54, 1.807) is 12.1 Å². The Hall–Kier alpha value is -3.08. The number of hydrogen-bond acceptors (Lipinski definition) is 2. The van der Waals surface area contributed by atoms with Crippen LogP contribution >= 0.6 is 0 Å². The molecule has 4 nitrogen and oxygen atoms in total. The number of carbonyl (C=O) groups is 1. The van der Waals surface area contributed by atoms with Crippen LogP contribution in [0.25, 0.3) is 0 Å². The van der Waals surface area contributed by atoms with E-state index in [2.05, 4.69) is 5.32 Å². The van der Waals surface area contributed by atoms with Crippen molar-refractivity contribution in [3.63, 3.8) is 0 Å². The molecule has 0 aliphatic carbocycles. The summed E-state index contributed by atoms with van der Waals surface area (Å²) in [6, 6.07) is 17.6. The molecule has 1 atom stereocenters. The Morgan fingerprint density at radius 2 is 1.74 bits per heavy atom. The topological polar surface area (TPSA) is 43.3 Å². The van der Waals surface area contributed by atoms with Gasteiger partial charge in [-0.15, -0.1) is 0 Å². The minimum atomic E-state index is -0.287. The summed E-state index contributed by atoms with van der Waals surface area (Å²) in [7, 11) is 0. The molecule has 0 fully saturated rings. The van der Waals surface area contributed by atoms with E-state index < -0.39 is 0 Å². The summed E-state index contributed by atoms with van der Waals surface area (Å²) < 4.78 is 20.6. The van der Waals surface area contributed by atoms with E-state index in [9.17, 15) is 9.18 Å². The smallest absolute Gasteiger partial charge is 0.222 e. The summed E-state index contributed by atoms with van der Waals surface area (Å²) in [6.07, 6.45) is 4.10. The van der Waals surface area contributed by atoms with Crippen LogP contribution in [0, 0.1) is 5.82 Å². The van der Waals surface area contributed by atoms with E-state index >= 15 is 0 Å². The highest BCUT2D eigenvalue weighted by Gasteiger charge is 2.17. The van der Waals surface area contributed by atoms with Crippen LogP contribution < -0.4 is 10.1 Å². The van der Waals surface area contributed by atoms with Crippen molar-refractivity contribution >= 4 is 5.91 Å². The van der Waals surface area contributed by atoms with Gasteiger partial charge in [0.25, 0.3) is 0 Å². The monoisotopic (exact) mass is 366 g/mol. The Bertz CT molecular complexity index is 843. The maximum absolute atomic E-state index is 13.2. The highest BCUT2D eigenvalue weighted by molar-refractivity contribution is 5.76. The van der Waals surface area contributed by atoms with Crippen LogP contribution in [0.3, 0.4) is 0 Å². The van der Waals surface area contributed by atoms with Gasteiger partial charge < -0.3 is 14.6 Å². The molecule has 0 saturated carbocycles. The predicted octanol–water partition coefficient (Wildman–Crippen LogP) is 4.32. The average Bonchev–Trinajstić information content (AvgIpc) is 3.21. The molecule has 1 heterocycles. The quantitative estimate of drug-likeness (QED) is 0.645. The van der Waals surface area contributed by atoms with Gasteiger partial charge in [0.2, 0.25) is 5.91 Å². The van der Waals surface area contributed by atoms with Crippen molar-refractivity contribution in [3.05, 3.63) is 90.0 Å². The van der Waals surface area contributed by atoms with Crippen molar-refractivity contribution in [3.8, 4) is 5.75 Å². The molecule has 0 bridgehead atoms. The lowest BCUT2D eigenvalue weighted by atomic mass is 10.0. The summed E-state index contributed by atoms with van der Waals surface area (Å²) in [5, 5.41) is 2.96. The molecule has 27 heavy (non-hydrogen) atoms. The van der Waals surface area contributed by atoms with Crippen LogP contribution in [0.2, 0.25) is 0 Å². The van der Waals surface area contributed by atoms with Crippen molar-refractivity contribution in [1.29, 1.82) is 0 Å². The van der Waals surface area contributed by atoms with E-state index in [1.165, 1.54) is 12.1 Å². The summed E-state index contributed by atoms with van der Waals surface area (Å²) >= 11 is 0. The average molecular weight is 366 g/mol. The second kappa shape index (κ2) is 9.03. The van der Waals surface area contributed by atoms with Crippen LogP contribution in [0.5, 0.6) is 5.75 Å². The second-order valence-electron chi connectivity index (χ2n) is 6.26. The highest BCUT2D eigenvalue weighted by atomic mass is 19.1. The number of nitrogens with zero attached hydrogens (tertiary/aromatic N) is 1. The highest BCUT2D eigenvalue weighted by Crippen LogP contribution is 2.23. The molecule has 0 spiro atoms. The number of benzene rings is 2. The van der Waals surface area contributed by atoms with Gasteiger partial charge >= 0.3 is 0 Å². The maximum Gasteiger partial charge on any atom is 0.222 e. The molecule has 140 valence electrons. The molecule has 1 N–H and O–H groups in total. The lowest BCUT2D eigenvalue weighted by Gasteiger charge is -2.19. The Morgan fingerprint density at radius 3 is 2.37 bits per heavy atom. The lowest BCUT2D eigenvalue weighted by molar-refractivity contribution is -0.121. The fourth-order valence-electron chi connectivity index (χ4n) is 2.95. The molecule has 3 rings (SSSR count). The van der Waals surface area contributed by atoms with Crippen LogP contribution in [0.1, 0.15) is 30.5 Å². The molecule has 5 heteroatoms. The zero-order chi connectivity index (χ0) is 19.1. The Balaban J connectivity index is 1.63. The number of carbonyl (C=O) groups excluding carboxylic acids is 1. The first-order valence-electron chi connectivity index (χ1n) is 9.02. The van der Waals surface area contributed by atoms with Crippen molar-refractivity contribution in [2.75, 3.05) is 6.61 Å². The molecule has 1 aromatic heterocycles. The summed E-state index contributed by atoms with van der Waals surface area (Å²) in [4.78, 5) is 12.5. The van der Waals surface area contributed by atoms with Crippen molar-refractivity contribution in [2.24, 2.45) is 0 Å². The van der Waals surface area contributed by atoms with Crippen molar-refractivity contribution < 1.29 is 13.9 Å². The normalized spacial score (nSPS) is 11.8. The number of amides is 1. The zero-order valence-corrected chi connectivity index (χ0v) is 15.3. The van der Waals surface area contributed by atoms with Crippen molar-refractivity contribution in [1.82, 2.24) is 9.88 Å². The van der Waals surface area contributed by atoms with E-state index in [0.717, 1.165) is 16.9 Å². The van der Waals surface area contributed by atoms with Gasteiger partial charge in [0.15, 0.2) is 0 Å². The number of hydrogen-bond donors (Lipinski definition) is 1. The third-order valence-electron chi connectivity index (χ3n) is 4.34. The van der Waals surface area contributed by atoms with E-state index in [-0.39, 0.29) is 24.2 Å².